The van der Waals surface area contributed by atoms with Crippen molar-refractivity contribution in [2.45, 2.75) is 29.5 Å². The van der Waals surface area contributed by atoms with Gasteiger partial charge in [-0.05, 0) is 72.0 Å². The first-order chi connectivity index (χ1) is 19.6. The summed E-state index contributed by atoms with van der Waals surface area (Å²) in [5.41, 5.74) is 2.89. The lowest BCUT2D eigenvalue weighted by Crippen LogP contribution is -2.31. The number of benzene rings is 3. The lowest BCUT2D eigenvalue weighted by Gasteiger charge is -2.24. The van der Waals surface area contributed by atoms with E-state index in [0.717, 1.165) is 28.1 Å². The highest BCUT2D eigenvalue weighted by molar-refractivity contribution is 7.82. The third kappa shape index (κ3) is 4.11. The molecule has 1 saturated heterocycles. The fourth-order valence-corrected chi connectivity index (χ4v) is 7.82. The number of nitrogens with zero attached hydrogens (tertiary/aromatic N) is 6. The molecule has 2 aliphatic rings. The van der Waals surface area contributed by atoms with Gasteiger partial charge in [-0.15, -0.1) is 5.10 Å². The second kappa shape index (κ2) is 9.05. The summed E-state index contributed by atoms with van der Waals surface area (Å²) in [6.07, 6.45) is -1.24. The summed E-state index contributed by atoms with van der Waals surface area (Å²) < 4.78 is 71.4. The molecule has 7 rings (SSSR count). The van der Waals surface area contributed by atoms with E-state index < -0.39 is 28.1 Å². The molecule has 210 valence electrons. The van der Waals surface area contributed by atoms with E-state index in [0.29, 0.717) is 29.4 Å². The van der Waals surface area contributed by atoms with Gasteiger partial charge >= 0.3 is 6.18 Å². The van der Waals surface area contributed by atoms with Crippen LogP contribution in [0.25, 0.3) is 16.6 Å². The minimum Gasteiger partial charge on any atom is -0.236 e. The SMILES string of the molecule is Cc1cc2c(cnn2-c2ccc(F)cc2)cc1C12CN(S(=O)c3cnn(C)n3)CC1C2c1cccc(C(F)(F)F)c1. The Bertz CT molecular complexity index is 1830. The summed E-state index contributed by atoms with van der Waals surface area (Å²) >= 11 is 0. The maximum atomic E-state index is 13.6. The first kappa shape index (κ1) is 26.0. The zero-order valence-electron chi connectivity index (χ0n) is 22.0. The molecule has 12 heteroatoms. The van der Waals surface area contributed by atoms with Gasteiger partial charge in [0.1, 0.15) is 16.8 Å². The average Bonchev–Trinajstić information content (AvgIpc) is 3.35. The van der Waals surface area contributed by atoms with E-state index >= 15 is 0 Å². The van der Waals surface area contributed by atoms with Gasteiger partial charge < -0.3 is 0 Å². The Labute approximate surface area is 235 Å². The molecule has 7 nitrogen and oxygen atoms in total. The Kier molecular flexibility index (Phi) is 5.75. The van der Waals surface area contributed by atoms with E-state index in [-0.39, 0.29) is 17.7 Å². The molecule has 5 aromatic rings. The normalized spacial score (nSPS) is 23.2. The number of piperidine rings is 1. The molecular formula is C29H24F4N6OS. The van der Waals surface area contributed by atoms with Crippen LogP contribution in [0.3, 0.4) is 0 Å². The molecule has 41 heavy (non-hydrogen) atoms. The Morgan fingerprint density at radius 1 is 1.02 bits per heavy atom. The highest BCUT2D eigenvalue weighted by atomic mass is 32.2. The van der Waals surface area contributed by atoms with E-state index in [9.17, 15) is 21.8 Å². The Hall–Kier alpha value is -3.90. The standard InChI is InChI=1S/C29H24F4N6OS/c1-17-10-25-19(13-35-39(25)22-8-6-21(30)7-9-22)12-23(17)28-16-38(41(40)26-14-34-37(2)36-26)15-24(28)27(28)18-4-3-5-20(11-18)29(31,32)33/h3-14,24,27H,15-16H2,1-2H3. The predicted molar refractivity (Wildman–Crippen MR) is 144 cm³/mol. The van der Waals surface area contributed by atoms with Gasteiger partial charge in [0, 0.05) is 36.9 Å². The molecule has 0 N–H and O–H groups in total. The molecule has 1 aliphatic heterocycles. The summed E-state index contributed by atoms with van der Waals surface area (Å²) in [6, 6.07) is 15.7. The molecule has 0 bridgehead atoms. The molecule has 3 heterocycles. The average molecular weight is 581 g/mol. The van der Waals surface area contributed by atoms with Crippen LogP contribution in [0.1, 0.15) is 28.2 Å². The van der Waals surface area contributed by atoms with Crippen LogP contribution >= 0.6 is 0 Å². The van der Waals surface area contributed by atoms with Crippen molar-refractivity contribution < 1.29 is 21.8 Å². The lowest BCUT2D eigenvalue weighted by atomic mass is 9.86. The van der Waals surface area contributed by atoms with E-state index in [2.05, 4.69) is 15.3 Å². The highest BCUT2D eigenvalue weighted by Gasteiger charge is 2.71. The molecule has 0 amide bonds. The summed E-state index contributed by atoms with van der Waals surface area (Å²) in [5, 5.41) is 14.0. The highest BCUT2D eigenvalue weighted by Crippen LogP contribution is 2.70. The summed E-state index contributed by atoms with van der Waals surface area (Å²) in [7, 11) is 0.0884. The second-order valence-electron chi connectivity index (χ2n) is 10.8. The maximum absolute atomic E-state index is 13.6. The van der Waals surface area contributed by atoms with Crippen LogP contribution in [0.2, 0.25) is 0 Å². The van der Waals surface area contributed by atoms with Gasteiger partial charge in [0.25, 0.3) is 0 Å². The van der Waals surface area contributed by atoms with Gasteiger partial charge in [0.2, 0.25) is 0 Å². The van der Waals surface area contributed by atoms with Crippen LogP contribution in [-0.4, -0.2) is 46.4 Å². The number of aromatic nitrogens is 5. The van der Waals surface area contributed by atoms with Gasteiger partial charge in [0.05, 0.1) is 29.2 Å². The quantitative estimate of drug-likeness (QED) is 0.264. The third-order valence-corrected chi connectivity index (χ3v) is 9.69. The Morgan fingerprint density at radius 3 is 2.51 bits per heavy atom. The molecular weight excluding hydrogens is 556 g/mol. The Morgan fingerprint density at radius 2 is 1.80 bits per heavy atom. The van der Waals surface area contributed by atoms with Crippen LogP contribution < -0.4 is 0 Å². The van der Waals surface area contributed by atoms with Crippen LogP contribution in [0.15, 0.2) is 78.1 Å². The monoisotopic (exact) mass is 580 g/mol. The van der Waals surface area contributed by atoms with Crippen LogP contribution in [0.4, 0.5) is 17.6 Å². The smallest absolute Gasteiger partial charge is 0.236 e. The number of fused-ring (bicyclic) bond motifs is 2. The van der Waals surface area contributed by atoms with Crippen LogP contribution in [0.5, 0.6) is 0 Å². The van der Waals surface area contributed by atoms with Crippen LogP contribution in [0, 0.1) is 18.7 Å². The molecule has 0 radical (unpaired) electrons. The first-order valence-electron chi connectivity index (χ1n) is 13.0. The molecule has 0 spiro atoms. The molecule has 4 atom stereocenters. The number of hydrogen-bond donors (Lipinski definition) is 0. The van der Waals surface area contributed by atoms with Crippen molar-refractivity contribution in [1.29, 1.82) is 0 Å². The summed E-state index contributed by atoms with van der Waals surface area (Å²) in [6.45, 7) is 2.81. The number of halogens is 4. The Balaban J connectivity index is 1.32. The van der Waals surface area contributed by atoms with Crippen molar-refractivity contribution in [3.8, 4) is 5.69 Å². The van der Waals surface area contributed by atoms with Gasteiger partial charge in [0.15, 0.2) is 5.03 Å². The summed E-state index contributed by atoms with van der Waals surface area (Å²) in [5.74, 6) is -0.564. The fourth-order valence-electron chi connectivity index (χ4n) is 6.60. The van der Waals surface area contributed by atoms with Crippen LogP contribution in [-0.2, 0) is 29.6 Å². The molecule has 3 aromatic carbocycles. The fraction of sp³-hybridized carbons (Fsp3) is 0.276. The second-order valence-corrected chi connectivity index (χ2v) is 12.2. The predicted octanol–water partition coefficient (Wildman–Crippen LogP) is 5.31. The summed E-state index contributed by atoms with van der Waals surface area (Å²) in [4.78, 5) is 1.35. The van der Waals surface area contributed by atoms with Crippen molar-refractivity contribution in [3.05, 3.63) is 101 Å². The van der Waals surface area contributed by atoms with E-state index in [1.807, 2.05) is 23.4 Å². The van der Waals surface area contributed by atoms with Crippen molar-refractivity contribution >= 4 is 21.9 Å². The van der Waals surface area contributed by atoms with E-state index in [4.69, 9.17) is 0 Å². The zero-order chi connectivity index (χ0) is 28.7. The van der Waals surface area contributed by atoms with E-state index in [1.165, 1.54) is 35.3 Å². The minimum absolute atomic E-state index is 0.0464. The zero-order valence-corrected chi connectivity index (χ0v) is 22.8. The van der Waals surface area contributed by atoms with Crippen molar-refractivity contribution in [2.24, 2.45) is 13.0 Å². The van der Waals surface area contributed by atoms with Crippen molar-refractivity contribution in [2.75, 3.05) is 13.1 Å². The van der Waals surface area contributed by atoms with Gasteiger partial charge in [-0.1, -0.05) is 18.2 Å². The number of alkyl halides is 3. The minimum atomic E-state index is -4.45. The molecule has 4 unspecified atom stereocenters. The van der Waals surface area contributed by atoms with Gasteiger partial charge in [-0.3, -0.25) is 0 Å². The van der Waals surface area contributed by atoms with Crippen molar-refractivity contribution in [3.63, 3.8) is 0 Å². The number of rotatable bonds is 5. The van der Waals surface area contributed by atoms with Crippen molar-refractivity contribution in [1.82, 2.24) is 29.1 Å². The van der Waals surface area contributed by atoms with E-state index in [1.54, 1.807) is 36.1 Å². The van der Waals surface area contributed by atoms with Gasteiger partial charge in [-0.2, -0.15) is 28.2 Å². The largest absolute Gasteiger partial charge is 0.416 e. The molecule has 2 fully saturated rings. The maximum Gasteiger partial charge on any atom is 0.416 e. The lowest BCUT2D eigenvalue weighted by molar-refractivity contribution is -0.137. The topological polar surface area (TPSA) is 68.8 Å². The number of aryl methyl sites for hydroxylation is 2. The molecule has 2 aromatic heterocycles. The number of hydrogen-bond acceptors (Lipinski definition) is 4. The van der Waals surface area contributed by atoms with Gasteiger partial charge in [-0.25, -0.2) is 17.6 Å². The third-order valence-electron chi connectivity index (χ3n) is 8.40. The molecule has 1 aliphatic carbocycles. The first-order valence-corrected chi connectivity index (χ1v) is 14.1. The molecule has 1 saturated carbocycles.